The molecule has 0 aliphatic carbocycles. The van der Waals surface area contributed by atoms with E-state index in [1.54, 1.807) is 0 Å². The summed E-state index contributed by atoms with van der Waals surface area (Å²) in [5, 5.41) is 2.46. The van der Waals surface area contributed by atoms with Crippen molar-refractivity contribution in [2.24, 2.45) is 0 Å². The standard InChI is InChI=1S/C15H17F3N2O4/c16-15(17,18)24-12-4-2-1-3-11(12)19-13(21)20-7-5-14(6-8-20)22-9-10-23-14/h1-4H,5-10H2,(H,19,21). The SMILES string of the molecule is O=C(Nc1ccccc1OC(F)(F)F)N1CCC2(CC1)OCCO2. The Balaban J connectivity index is 1.61. The lowest BCUT2D eigenvalue weighted by Gasteiger charge is -2.37. The third kappa shape index (κ3) is 3.90. The zero-order chi connectivity index (χ0) is 17.2. The fourth-order valence-electron chi connectivity index (χ4n) is 2.81. The van der Waals surface area contributed by atoms with Crippen LogP contribution in [0.25, 0.3) is 0 Å². The van der Waals surface area contributed by atoms with E-state index in [-0.39, 0.29) is 5.69 Å². The number of urea groups is 1. The number of carbonyl (C=O) groups excluding carboxylic acids is 1. The summed E-state index contributed by atoms with van der Waals surface area (Å²) in [6, 6.07) is 4.93. The number of carbonyl (C=O) groups is 1. The maximum atomic E-state index is 12.4. The normalized spacial score (nSPS) is 20.2. The number of nitrogens with zero attached hydrogens (tertiary/aromatic N) is 1. The molecule has 0 bridgehead atoms. The van der Waals surface area contributed by atoms with Crippen molar-refractivity contribution < 1.29 is 32.2 Å². The van der Waals surface area contributed by atoms with Gasteiger partial charge in [0.15, 0.2) is 11.5 Å². The molecule has 2 amide bonds. The number of benzene rings is 1. The molecule has 1 aromatic carbocycles. The maximum Gasteiger partial charge on any atom is 0.573 e. The van der Waals surface area contributed by atoms with Gasteiger partial charge in [-0.3, -0.25) is 0 Å². The molecule has 2 saturated heterocycles. The Morgan fingerprint density at radius 1 is 1.17 bits per heavy atom. The first-order chi connectivity index (χ1) is 11.4. The van der Waals surface area contributed by atoms with Crippen molar-refractivity contribution in [1.29, 1.82) is 0 Å². The Hall–Kier alpha value is -2.00. The highest BCUT2D eigenvalue weighted by Crippen LogP contribution is 2.33. The molecule has 132 valence electrons. The van der Waals surface area contributed by atoms with Crippen molar-refractivity contribution in [2.75, 3.05) is 31.6 Å². The molecule has 6 nitrogen and oxygen atoms in total. The minimum absolute atomic E-state index is 0.0338. The molecule has 0 radical (unpaired) electrons. The number of alkyl halides is 3. The number of anilines is 1. The number of amides is 2. The van der Waals surface area contributed by atoms with Gasteiger partial charge in [-0.2, -0.15) is 0 Å². The summed E-state index contributed by atoms with van der Waals surface area (Å²) in [7, 11) is 0. The van der Waals surface area contributed by atoms with Crippen LogP contribution in [0.5, 0.6) is 5.75 Å². The van der Waals surface area contributed by atoms with Crippen molar-refractivity contribution >= 4 is 11.7 Å². The molecule has 0 aromatic heterocycles. The number of halogens is 3. The highest BCUT2D eigenvalue weighted by atomic mass is 19.4. The number of nitrogens with one attached hydrogen (secondary N) is 1. The highest BCUT2D eigenvalue weighted by molar-refractivity contribution is 5.91. The number of hydrogen-bond donors (Lipinski definition) is 1. The summed E-state index contributed by atoms with van der Waals surface area (Å²) < 4.78 is 52.3. The third-order valence-electron chi connectivity index (χ3n) is 3.98. The van der Waals surface area contributed by atoms with Crippen LogP contribution in [0, 0.1) is 0 Å². The minimum atomic E-state index is -4.82. The number of rotatable bonds is 2. The van der Waals surface area contributed by atoms with E-state index in [9.17, 15) is 18.0 Å². The quantitative estimate of drug-likeness (QED) is 0.894. The molecule has 1 N–H and O–H groups in total. The van der Waals surface area contributed by atoms with Gasteiger partial charge in [0.2, 0.25) is 0 Å². The average Bonchev–Trinajstić information content (AvgIpc) is 2.97. The number of piperidine rings is 1. The van der Waals surface area contributed by atoms with Crippen molar-refractivity contribution in [1.82, 2.24) is 4.90 Å². The first-order valence-electron chi connectivity index (χ1n) is 7.56. The van der Waals surface area contributed by atoms with Crippen LogP contribution in [-0.2, 0) is 9.47 Å². The predicted octanol–water partition coefficient (Wildman–Crippen LogP) is 2.96. The fourth-order valence-corrected chi connectivity index (χ4v) is 2.81. The number of hydrogen-bond acceptors (Lipinski definition) is 4. The smallest absolute Gasteiger partial charge is 0.404 e. The van der Waals surface area contributed by atoms with Crippen LogP contribution in [0.1, 0.15) is 12.8 Å². The molecule has 2 aliphatic heterocycles. The van der Waals surface area contributed by atoms with Gasteiger partial charge in [-0.05, 0) is 12.1 Å². The lowest BCUT2D eigenvalue weighted by Crippen LogP contribution is -2.48. The zero-order valence-electron chi connectivity index (χ0n) is 12.8. The Bertz CT molecular complexity index is 593. The van der Waals surface area contributed by atoms with Crippen LogP contribution in [-0.4, -0.2) is 49.4 Å². The van der Waals surface area contributed by atoms with Crippen LogP contribution in [0.15, 0.2) is 24.3 Å². The van der Waals surface area contributed by atoms with Gasteiger partial charge in [-0.25, -0.2) is 4.79 Å². The molecule has 9 heteroatoms. The summed E-state index contributed by atoms with van der Waals surface area (Å²) in [6.45, 7) is 1.87. The second-order valence-electron chi connectivity index (χ2n) is 5.57. The highest BCUT2D eigenvalue weighted by Gasteiger charge is 2.41. The largest absolute Gasteiger partial charge is 0.573 e. The Kier molecular flexibility index (Phi) is 4.55. The minimum Gasteiger partial charge on any atom is -0.404 e. The van der Waals surface area contributed by atoms with Crippen LogP contribution < -0.4 is 10.1 Å². The van der Waals surface area contributed by atoms with E-state index in [0.29, 0.717) is 39.1 Å². The van der Waals surface area contributed by atoms with E-state index in [2.05, 4.69) is 10.1 Å². The lowest BCUT2D eigenvalue weighted by atomic mass is 10.0. The average molecular weight is 346 g/mol. The van der Waals surface area contributed by atoms with E-state index in [1.807, 2.05) is 0 Å². The monoisotopic (exact) mass is 346 g/mol. The van der Waals surface area contributed by atoms with Gasteiger partial charge in [0, 0.05) is 25.9 Å². The second kappa shape index (κ2) is 6.48. The summed E-state index contributed by atoms with van der Waals surface area (Å²) in [4.78, 5) is 13.8. The van der Waals surface area contributed by atoms with Gasteiger partial charge in [-0.1, -0.05) is 12.1 Å². The first kappa shape index (κ1) is 16.8. The lowest BCUT2D eigenvalue weighted by molar-refractivity contribution is -0.274. The topological polar surface area (TPSA) is 60.0 Å². The van der Waals surface area contributed by atoms with Crippen molar-refractivity contribution in [3.63, 3.8) is 0 Å². The molecule has 3 rings (SSSR count). The Morgan fingerprint density at radius 3 is 2.42 bits per heavy atom. The van der Waals surface area contributed by atoms with Crippen molar-refractivity contribution in [2.45, 2.75) is 25.0 Å². The molecule has 1 aromatic rings. The van der Waals surface area contributed by atoms with E-state index in [1.165, 1.54) is 23.1 Å². The molecule has 0 atom stereocenters. The van der Waals surface area contributed by atoms with Gasteiger partial charge in [0.25, 0.3) is 0 Å². The summed E-state index contributed by atoms with van der Waals surface area (Å²) in [5.41, 5.74) is -0.0338. The molecular weight excluding hydrogens is 329 g/mol. The van der Waals surface area contributed by atoms with Gasteiger partial charge in [-0.15, -0.1) is 13.2 Å². The summed E-state index contributed by atoms with van der Waals surface area (Å²) >= 11 is 0. The zero-order valence-corrected chi connectivity index (χ0v) is 12.8. The third-order valence-corrected chi connectivity index (χ3v) is 3.98. The van der Waals surface area contributed by atoms with E-state index in [4.69, 9.17) is 9.47 Å². The van der Waals surface area contributed by atoms with Crippen LogP contribution in [0.3, 0.4) is 0 Å². The van der Waals surface area contributed by atoms with E-state index >= 15 is 0 Å². The van der Waals surface area contributed by atoms with Crippen molar-refractivity contribution in [3.8, 4) is 5.75 Å². The van der Waals surface area contributed by atoms with Gasteiger partial charge >= 0.3 is 12.4 Å². The summed E-state index contributed by atoms with van der Waals surface area (Å²) in [5.74, 6) is -1.07. The second-order valence-corrected chi connectivity index (χ2v) is 5.57. The van der Waals surface area contributed by atoms with Crippen LogP contribution in [0.2, 0.25) is 0 Å². The van der Waals surface area contributed by atoms with Crippen molar-refractivity contribution in [3.05, 3.63) is 24.3 Å². The van der Waals surface area contributed by atoms with E-state index < -0.39 is 23.9 Å². The molecule has 2 aliphatic rings. The summed E-state index contributed by atoms with van der Waals surface area (Å²) in [6.07, 6.45) is -3.77. The molecule has 2 heterocycles. The molecule has 2 fully saturated rings. The Labute approximate surface area is 136 Å². The van der Waals surface area contributed by atoms with Crippen LogP contribution in [0.4, 0.5) is 23.7 Å². The molecule has 24 heavy (non-hydrogen) atoms. The molecular formula is C15H17F3N2O4. The Morgan fingerprint density at radius 2 is 1.79 bits per heavy atom. The van der Waals surface area contributed by atoms with E-state index in [0.717, 1.165) is 6.07 Å². The fraction of sp³-hybridized carbons (Fsp3) is 0.533. The van der Waals surface area contributed by atoms with Crippen LogP contribution >= 0.6 is 0 Å². The number of para-hydroxylation sites is 2. The molecule has 1 spiro atoms. The molecule has 0 unspecified atom stereocenters. The van der Waals surface area contributed by atoms with Gasteiger partial charge < -0.3 is 24.4 Å². The number of likely N-dealkylation sites (tertiary alicyclic amines) is 1. The van der Waals surface area contributed by atoms with Gasteiger partial charge in [0.1, 0.15) is 0 Å². The predicted molar refractivity (Wildman–Crippen MR) is 77.6 cm³/mol. The molecule has 0 saturated carbocycles. The maximum absolute atomic E-state index is 12.4. The number of ether oxygens (including phenoxy) is 3. The van der Waals surface area contributed by atoms with Gasteiger partial charge in [0.05, 0.1) is 18.9 Å². The first-order valence-corrected chi connectivity index (χ1v) is 7.56.